The van der Waals surface area contributed by atoms with Crippen LogP contribution in [0.3, 0.4) is 0 Å². The van der Waals surface area contributed by atoms with E-state index in [1.54, 1.807) is 12.1 Å². The molecule has 0 saturated heterocycles. The summed E-state index contributed by atoms with van der Waals surface area (Å²) >= 11 is 6.02. The molecule has 0 aliphatic carbocycles. The van der Waals surface area contributed by atoms with Crippen molar-refractivity contribution in [2.75, 3.05) is 6.54 Å². The zero-order valence-corrected chi connectivity index (χ0v) is 11.2. The second-order valence-electron chi connectivity index (χ2n) is 3.93. The highest BCUT2D eigenvalue weighted by molar-refractivity contribution is 6.32. The van der Waals surface area contributed by atoms with Crippen LogP contribution in [-0.4, -0.2) is 11.5 Å². The van der Waals surface area contributed by atoms with Gasteiger partial charge < -0.3 is 10.1 Å². The molecule has 2 rings (SSSR count). The van der Waals surface area contributed by atoms with E-state index in [1.807, 2.05) is 19.1 Å². The third kappa shape index (κ3) is 3.66. The fourth-order valence-electron chi connectivity index (χ4n) is 1.58. The second kappa shape index (κ2) is 6.50. The normalized spacial score (nSPS) is 10.5. The van der Waals surface area contributed by atoms with Crippen molar-refractivity contribution in [3.05, 3.63) is 52.9 Å². The number of hydrogen-bond donors (Lipinski definition) is 1. The van der Waals surface area contributed by atoms with Crippen molar-refractivity contribution in [3.63, 3.8) is 0 Å². The predicted octanol–water partition coefficient (Wildman–Crippen LogP) is 3.78. The first-order valence-corrected chi connectivity index (χ1v) is 6.36. The van der Waals surface area contributed by atoms with Crippen molar-refractivity contribution < 1.29 is 9.13 Å². The van der Waals surface area contributed by atoms with Gasteiger partial charge in [-0.15, -0.1) is 0 Å². The van der Waals surface area contributed by atoms with Crippen LogP contribution in [0.5, 0.6) is 11.6 Å². The van der Waals surface area contributed by atoms with Gasteiger partial charge in [-0.1, -0.05) is 30.7 Å². The Morgan fingerprint density at radius 2 is 2.16 bits per heavy atom. The molecule has 0 fully saturated rings. The monoisotopic (exact) mass is 280 g/mol. The summed E-state index contributed by atoms with van der Waals surface area (Å²) < 4.78 is 18.9. The van der Waals surface area contributed by atoms with Crippen molar-refractivity contribution >= 4 is 11.6 Å². The summed E-state index contributed by atoms with van der Waals surface area (Å²) in [7, 11) is 0. The zero-order chi connectivity index (χ0) is 13.7. The van der Waals surface area contributed by atoms with Gasteiger partial charge >= 0.3 is 0 Å². The van der Waals surface area contributed by atoms with Crippen LogP contribution in [0.1, 0.15) is 12.5 Å². The maximum Gasteiger partial charge on any atom is 0.223 e. The van der Waals surface area contributed by atoms with Crippen LogP contribution in [0.15, 0.2) is 36.5 Å². The highest BCUT2D eigenvalue weighted by atomic mass is 35.5. The molecular weight excluding hydrogens is 267 g/mol. The number of pyridine rings is 1. The van der Waals surface area contributed by atoms with E-state index in [-0.39, 0.29) is 5.82 Å². The fourth-order valence-corrected chi connectivity index (χ4v) is 1.75. The lowest BCUT2D eigenvalue weighted by molar-refractivity contribution is 0.449. The molecule has 100 valence electrons. The van der Waals surface area contributed by atoms with Crippen LogP contribution in [0.4, 0.5) is 4.39 Å². The Kier molecular flexibility index (Phi) is 4.71. The Balaban J connectivity index is 2.26. The molecule has 2 aromatic rings. The van der Waals surface area contributed by atoms with E-state index < -0.39 is 0 Å². The van der Waals surface area contributed by atoms with Crippen LogP contribution in [-0.2, 0) is 6.54 Å². The first-order valence-electron chi connectivity index (χ1n) is 5.98. The van der Waals surface area contributed by atoms with Crippen molar-refractivity contribution in [2.45, 2.75) is 13.5 Å². The number of ether oxygens (including phenoxy) is 1. The number of rotatable bonds is 5. The number of hydrogen-bond acceptors (Lipinski definition) is 3. The highest BCUT2D eigenvalue weighted by Crippen LogP contribution is 2.29. The number of nitrogens with zero attached hydrogens (tertiary/aromatic N) is 1. The third-order valence-electron chi connectivity index (χ3n) is 2.50. The van der Waals surface area contributed by atoms with Crippen molar-refractivity contribution in [3.8, 4) is 11.6 Å². The largest absolute Gasteiger partial charge is 0.437 e. The summed E-state index contributed by atoms with van der Waals surface area (Å²) in [6.07, 6.45) is 1.13. The second-order valence-corrected chi connectivity index (χ2v) is 4.34. The Hall–Kier alpha value is -1.65. The molecule has 0 aliphatic rings. The van der Waals surface area contributed by atoms with Gasteiger partial charge in [0.1, 0.15) is 11.6 Å². The molecule has 1 heterocycles. The number of aromatic nitrogens is 1. The molecule has 0 saturated carbocycles. The molecular formula is C14H14ClFN2O. The summed E-state index contributed by atoms with van der Waals surface area (Å²) in [5.74, 6) is 0.468. The molecule has 0 spiro atoms. The zero-order valence-electron chi connectivity index (χ0n) is 10.5. The SMILES string of the molecule is CCNCc1cc(F)cnc1Oc1ccccc1Cl. The van der Waals surface area contributed by atoms with Crippen LogP contribution in [0.25, 0.3) is 0 Å². The van der Waals surface area contributed by atoms with Gasteiger partial charge in [-0.2, -0.15) is 0 Å². The van der Waals surface area contributed by atoms with Crippen molar-refractivity contribution in [2.24, 2.45) is 0 Å². The Morgan fingerprint density at radius 1 is 1.37 bits per heavy atom. The standard InChI is InChI=1S/C14H14ClFN2O/c1-2-17-8-10-7-11(16)9-18-14(10)19-13-6-4-3-5-12(13)15/h3-7,9,17H,2,8H2,1H3. The lowest BCUT2D eigenvalue weighted by atomic mass is 10.2. The summed E-state index contributed by atoms with van der Waals surface area (Å²) in [6, 6.07) is 8.50. The molecule has 19 heavy (non-hydrogen) atoms. The molecule has 3 nitrogen and oxygen atoms in total. The molecule has 0 aliphatic heterocycles. The molecule has 0 amide bonds. The average molecular weight is 281 g/mol. The van der Waals surface area contributed by atoms with E-state index in [2.05, 4.69) is 10.3 Å². The topological polar surface area (TPSA) is 34.2 Å². The number of para-hydroxylation sites is 1. The minimum Gasteiger partial charge on any atom is -0.437 e. The molecule has 1 aromatic heterocycles. The molecule has 1 N–H and O–H groups in total. The van der Waals surface area contributed by atoms with E-state index >= 15 is 0 Å². The molecule has 0 bridgehead atoms. The van der Waals surface area contributed by atoms with Gasteiger partial charge in [0.05, 0.1) is 11.2 Å². The van der Waals surface area contributed by atoms with Crippen molar-refractivity contribution in [1.82, 2.24) is 10.3 Å². The first kappa shape index (κ1) is 13.8. The van der Waals surface area contributed by atoms with E-state index in [0.29, 0.717) is 28.8 Å². The predicted molar refractivity (Wildman–Crippen MR) is 73.1 cm³/mol. The maximum absolute atomic E-state index is 13.2. The van der Waals surface area contributed by atoms with Gasteiger partial charge in [0.25, 0.3) is 0 Å². The van der Waals surface area contributed by atoms with E-state index in [9.17, 15) is 4.39 Å². The number of halogens is 2. The quantitative estimate of drug-likeness (QED) is 0.905. The van der Waals surface area contributed by atoms with Crippen LogP contribution < -0.4 is 10.1 Å². The summed E-state index contributed by atoms with van der Waals surface area (Å²) in [5.41, 5.74) is 0.654. The summed E-state index contributed by atoms with van der Waals surface area (Å²) in [5, 5.41) is 3.60. The molecule has 5 heteroatoms. The molecule has 1 aromatic carbocycles. The minimum atomic E-state index is -0.389. The lowest BCUT2D eigenvalue weighted by Crippen LogP contribution is -2.13. The van der Waals surface area contributed by atoms with Crippen molar-refractivity contribution in [1.29, 1.82) is 0 Å². The van der Waals surface area contributed by atoms with Gasteiger partial charge in [0.2, 0.25) is 5.88 Å². The van der Waals surface area contributed by atoms with Gasteiger partial charge in [0, 0.05) is 12.1 Å². The fraction of sp³-hybridized carbons (Fsp3) is 0.214. The van der Waals surface area contributed by atoms with E-state index in [0.717, 1.165) is 12.7 Å². The number of benzene rings is 1. The van der Waals surface area contributed by atoms with E-state index in [1.165, 1.54) is 6.07 Å². The maximum atomic E-state index is 13.2. The highest BCUT2D eigenvalue weighted by Gasteiger charge is 2.10. The van der Waals surface area contributed by atoms with Gasteiger partial charge in [0.15, 0.2) is 0 Å². The minimum absolute atomic E-state index is 0.357. The van der Waals surface area contributed by atoms with Crippen LogP contribution in [0, 0.1) is 5.82 Å². The molecule has 0 unspecified atom stereocenters. The Morgan fingerprint density at radius 3 is 2.89 bits per heavy atom. The first-order chi connectivity index (χ1) is 9.20. The third-order valence-corrected chi connectivity index (χ3v) is 2.81. The van der Waals surface area contributed by atoms with Gasteiger partial charge in [-0.25, -0.2) is 9.37 Å². The smallest absolute Gasteiger partial charge is 0.223 e. The summed E-state index contributed by atoms with van der Waals surface area (Å²) in [6.45, 7) is 3.24. The summed E-state index contributed by atoms with van der Waals surface area (Å²) in [4.78, 5) is 3.97. The Bertz CT molecular complexity index is 563. The van der Waals surface area contributed by atoms with E-state index in [4.69, 9.17) is 16.3 Å². The average Bonchev–Trinajstić information content (AvgIpc) is 2.41. The Labute approximate surface area is 116 Å². The molecule has 0 radical (unpaired) electrons. The number of nitrogens with one attached hydrogen (secondary N) is 1. The lowest BCUT2D eigenvalue weighted by Gasteiger charge is -2.11. The molecule has 0 atom stereocenters. The van der Waals surface area contributed by atoms with Gasteiger partial charge in [-0.05, 0) is 24.7 Å². The van der Waals surface area contributed by atoms with Gasteiger partial charge in [-0.3, -0.25) is 0 Å². The van der Waals surface area contributed by atoms with Crippen LogP contribution in [0.2, 0.25) is 5.02 Å². The van der Waals surface area contributed by atoms with Crippen LogP contribution >= 0.6 is 11.6 Å².